The van der Waals surface area contributed by atoms with Crippen molar-refractivity contribution in [3.8, 4) is 11.5 Å². The summed E-state index contributed by atoms with van der Waals surface area (Å²) in [5, 5.41) is 6.66. The van der Waals surface area contributed by atoms with Crippen molar-refractivity contribution in [3.05, 3.63) is 53.9 Å². The second-order valence-corrected chi connectivity index (χ2v) is 5.84. The highest BCUT2D eigenvalue weighted by Gasteiger charge is 2.10. The van der Waals surface area contributed by atoms with E-state index in [0.717, 1.165) is 38.2 Å². The first kappa shape index (κ1) is 19.9. The summed E-state index contributed by atoms with van der Waals surface area (Å²) in [5.74, 6) is 0.796. The van der Waals surface area contributed by atoms with Crippen LogP contribution in [-0.4, -0.2) is 37.7 Å². The van der Waals surface area contributed by atoms with Crippen LogP contribution in [0.4, 0.5) is 0 Å². The molecule has 0 radical (unpaired) electrons. The molecule has 0 amide bonds. The molecule has 0 aliphatic carbocycles. The van der Waals surface area contributed by atoms with Gasteiger partial charge in [0.2, 0.25) is 0 Å². The number of nitrogens with one attached hydrogen (secondary N) is 2. The largest absolute Gasteiger partial charge is 0.497 e. The summed E-state index contributed by atoms with van der Waals surface area (Å²) in [6.45, 7) is 5.72. The van der Waals surface area contributed by atoms with Crippen molar-refractivity contribution >= 4 is 5.97 Å². The fourth-order valence-corrected chi connectivity index (χ4v) is 2.40. The minimum atomic E-state index is -0.399. The van der Waals surface area contributed by atoms with Gasteiger partial charge in [0.25, 0.3) is 0 Å². The second kappa shape index (κ2) is 11.2. The van der Waals surface area contributed by atoms with Gasteiger partial charge >= 0.3 is 5.97 Å². The number of aromatic nitrogens is 1. The Balaban J connectivity index is 1.80. The highest BCUT2D eigenvalue weighted by molar-refractivity contribution is 5.91. The summed E-state index contributed by atoms with van der Waals surface area (Å²) >= 11 is 0. The van der Waals surface area contributed by atoms with Gasteiger partial charge in [0.15, 0.2) is 0 Å². The van der Waals surface area contributed by atoms with E-state index in [-0.39, 0.29) is 0 Å². The molecule has 0 aliphatic heterocycles. The lowest BCUT2D eigenvalue weighted by Crippen LogP contribution is -2.19. The molecule has 6 nitrogen and oxygen atoms in total. The quantitative estimate of drug-likeness (QED) is 0.366. The molecule has 2 rings (SSSR count). The first-order valence-corrected chi connectivity index (χ1v) is 8.95. The molecule has 0 saturated carbocycles. The van der Waals surface area contributed by atoms with Crippen LogP contribution >= 0.6 is 0 Å². The lowest BCUT2D eigenvalue weighted by atomic mass is 10.2. The first-order chi connectivity index (χ1) is 12.7. The van der Waals surface area contributed by atoms with Gasteiger partial charge in [-0.3, -0.25) is 4.98 Å². The number of ether oxygens (including phenoxy) is 2. The third kappa shape index (κ3) is 6.82. The zero-order valence-electron chi connectivity index (χ0n) is 15.5. The molecular formula is C20H27N3O3. The maximum Gasteiger partial charge on any atom is 0.343 e. The van der Waals surface area contributed by atoms with Crippen LogP contribution in [0.5, 0.6) is 11.5 Å². The maximum absolute atomic E-state index is 12.3. The third-order valence-corrected chi connectivity index (χ3v) is 3.84. The molecule has 0 aliphatic rings. The van der Waals surface area contributed by atoms with Crippen molar-refractivity contribution in [2.45, 2.75) is 26.3 Å². The number of nitrogens with zero attached hydrogens (tertiary/aromatic N) is 1. The number of pyridine rings is 1. The van der Waals surface area contributed by atoms with Crippen LogP contribution in [0.3, 0.4) is 0 Å². The highest BCUT2D eigenvalue weighted by Crippen LogP contribution is 2.18. The third-order valence-electron chi connectivity index (χ3n) is 3.84. The van der Waals surface area contributed by atoms with E-state index >= 15 is 0 Å². The topological polar surface area (TPSA) is 72.5 Å². The molecule has 140 valence electrons. The number of carbonyl (C=O) groups excluding carboxylic acids is 1. The summed E-state index contributed by atoms with van der Waals surface area (Å²) in [7, 11) is 1.59. The lowest BCUT2D eigenvalue weighted by Gasteiger charge is -2.08. The molecule has 0 fully saturated rings. The van der Waals surface area contributed by atoms with Crippen molar-refractivity contribution in [1.82, 2.24) is 15.6 Å². The minimum absolute atomic E-state index is 0.399. The van der Waals surface area contributed by atoms with E-state index in [2.05, 4.69) is 22.5 Å². The van der Waals surface area contributed by atoms with E-state index in [1.807, 2.05) is 0 Å². The Bertz CT molecular complexity index is 674. The van der Waals surface area contributed by atoms with Crippen LogP contribution in [0.15, 0.2) is 42.6 Å². The Morgan fingerprint density at radius 3 is 2.42 bits per heavy atom. The number of hydrogen-bond donors (Lipinski definition) is 2. The predicted molar refractivity (Wildman–Crippen MR) is 102 cm³/mol. The van der Waals surface area contributed by atoms with Crippen molar-refractivity contribution in [3.63, 3.8) is 0 Å². The standard InChI is InChI=1S/C20H27N3O3/c1-3-21-11-4-5-12-22-15-17-14-16(10-13-23-17)20(24)26-19-8-6-18(25-2)7-9-19/h6-10,13-14,21-22H,3-5,11-12,15H2,1-2H3. The minimum Gasteiger partial charge on any atom is -0.497 e. The Kier molecular flexibility index (Phi) is 8.59. The van der Waals surface area contributed by atoms with Crippen molar-refractivity contribution < 1.29 is 14.3 Å². The molecule has 0 atom stereocenters. The number of benzene rings is 1. The molecule has 0 spiro atoms. The van der Waals surface area contributed by atoms with Gasteiger partial charge in [0.1, 0.15) is 11.5 Å². The van der Waals surface area contributed by atoms with Crippen molar-refractivity contribution in [2.75, 3.05) is 26.7 Å². The monoisotopic (exact) mass is 357 g/mol. The Hall–Kier alpha value is -2.44. The van der Waals surface area contributed by atoms with Crippen molar-refractivity contribution in [1.29, 1.82) is 0 Å². The lowest BCUT2D eigenvalue weighted by molar-refractivity contribution is 0.0734. The molecule has 1 heterocycles. The van der Waals surface area contributed by atoms with Crippen LogP contribution in [0.2, 0.25) is 0 Å². The summed E-state index contributed by atoms with van der Waals surface area (Å²) in [5.41, 5.74) is 1.31. The van der Waals surface area contributed by atoms with E-state index in [0.29, 0.717) is 23.6 Å². The summed E-state index contributed by atoms with van der Waals surface area (Å²) in [6.07, 6.45) is 3.88. The van der Waals surface area contributed by atoms with Gasteiger partial charge in [0.05, 0.1) is 18.4 Å². The van der Waals surface area contributed by atoms with Gasteiger partial charge in [-0.2, -0.15) is 0 Å². The van der Waals surface area contributed by atoms with Gasteiger partial charge < -0.3 is 20.1 Å². The van der Waals surface area contributed by atoms with E-state index in [1.165, 1.54) is 0 Å². The zero-order chi connectivity index (χ0) is 18.6. The zero-order valence-corrected chi connectivity index (χ0v) is 15.5. The number of methoxy groups -OCH3 is 1. The smallest absolute Gasteiger partial charge is 0.343 e. The van der Waals surface area contributed by atoms with Gasteiger partial charge in [-0.15, -0.1) is 0 Å². The first-order valence-electron chi connectivity index (χ1n) is 8.95. The number of hydrogen-bond acceptors (Lipinski definition) is 6. The molecule has 2 N–H and O–H groups in total. The van der Waals surface area contributed by atoms with Gasteiger partial charge in [0, 0.05) is 12.7 Å². The molecular weight excluding hydrogens is 330 g/mol. The Morgan fingerprint density at radius 1 is 1.04 bits per heavy atom. The number of carbonyl (C=O) groups is 1. The normalized spacial score (nSPS) is 10.5. The summed E-state index contributed by atoms with van der Waals surface area (Å²) < 4.78 is 10.5. The second-order valence-electron chi connectivity index (χ2n) is 5.84. The molecule has 0 saturated heterocycles. The van der Waals surface area contributed by atoms with Crippen LogP contribution in [0.1, 0.15) is 35.8 Å². The number of unbranched alkanes of at least 4 members (excludes halogenated alkanes) is 1. The number of esters is 1. The predicted octanol–water partition coefficient (Wildman–Crippen LogP) is 2.79. The number of rotatable bonds is 11. The molecule has 6 heteroatoms. The summed E-state index contributed by atoms with van der Waals surface area (Å²) in [6, 6.07) is 10.3. The van der Waals surface area contributed by atoms with Gasteiger partial charge in [-0.25, -0.2) is 4.79 Å². The average Bonchev–Trinajstić information content (AvgIpc) is 2.68. The fraction of sp³-hybridized carbons (Fsp3) is 0.400. The Labute approximate surface area is 154 Å². The van der Waals surface area contributed by atoms with E-state index in [1.54, 1.807) is 49.7 Å². The molecule has 1 aromatic heterocycles. The van der Waals surface area contributed by atoms with E-state index < -0.39 is 5.97 Å². The van der Waals surface area contributed by atoms with Gasteiger partial charge in [-0.1, -0.05) is 6.92 Å². The summed E-state index contributed by atoms with van der Waals surface area (Å²) in [4.78, 5) is 16.6. The SMILES string of the molecule is CCNCCCCNCc1cc(C(=O)Oc2ccc(OC)cc2)ccn1. The van der Waals surface area contributed by atoms with E-state index in [9.17, 15) is 4.79 Å². The average molecular weight is 357 g/mol. The van der Waals surface area contributed by atoms with Crippen LogP contribution in [-0.2, 0) is 6.54 Å². The van der Waals surface area contributed by atoms with Crippen molar-refractivity contribution in [2.24, 2.45) is 0 Å². The van der Waals surface area contributed by atoms with Crippen LogP contribution in [0, 0.1) is 0 Å². The van der Waals surface area contributed by atoms with Crippen LogP contribution < -0.4 is 20.1 Å². The molecule has 0 unspecified atom stereocenters. The molecule has 0 bridgehead atoms. The molecule has 26 heavy (non-hydrogen) atoms. The maximum atomic E-state index is 12.3. The Morgan fingerprint density at radius 2 is 1.73 bits per heavy atom. The fourth-order valence-electron chi connectivity index (χ4n) is 2.40. The molecule has 2 aromatic rings. The van der Waals surface area contributed by atoms with Crippen LogP contribution in [0.25, 0.3) is 0 Å². The van der Waals surface area contributed by atoms with E-state index in [4.69, 9.17) is 9.47 Å². The van der Waals surface area contributed by atoms with Gasteiger partial charge in [-0.05, 0) is 68.9 Å². The highest BCUT2D eigenvalue weighted by atomic mass is 16.5. The molecule has 1 aromatic carbocycles.